The number of amides is 3. The van der Waals surface area contributed by atoms with E-state index in [0.717, 1.165) is 0 Å². The predicted octanol–water partition coefficient (Wildman–Crippen LogP) is 2.76. The minimum atomic E-state index is -0.579. The largest absolute Gasteiger partial charge is 0.481 e. The molecule has 9 nitrogen and oxygen atoms in total. The number of piperazine rings is 1. The van der Waals surface area contributed by atoms with Gasteiger partial charge >= 0.3 is 12.1 Å². The molecule has 1 aliphatic rings. The second-order valence-electron chi connectivity index (χ2n) is 6.68. The average Bonchev–Trinajstić information content (AvgIpc) is 2.77. The molecular formula is C20H24FN5O4. The molecule has 1 aromatic heterocycles. The highest BCUT2D eigenvalue weighted by atomic mass is 19.1. The fourth-order valence-corrected chi connectivity index (χ4v) is 3.12. The Morgan fingerprint density at radius 3 is 2.50 bits per heavy atom. The zero-order valence-corrected chi connectivity index (χ0v) is 16.9. The van der Waals surface area contributed by atoms with Gasteiger partial charge in [0.05, 0.1) is 31.8 Å². The lowest BCUT2D eigenvalue weighted by Crippen LogP contribution is -2.48. The molecule has 1 aromatic carbocycles. The van der Waals surface area contributed by atoms with Gasteiger partial charge < -0.3 is 25.0 Å². The first-order chi connectivity index (χ1) is 14.5. The van der Waals surface area contributed by atoms with Gasteiger partial charge in [0.25, 0.3) is 0 Å². The smallest absolute Gasteiger partial charge is 0.409 e. The number of pyridine rings is 1. The number of carbonyl (C=O) groups excluding carboxylic acids is 2. The predicted molar refractivity (Wildman–Crippen MR) is 109 cm³/mol. The second kappa shape index (κ2) is 9.88. The minimum Gasteiger partial charge on any atom is -0.481 e. The number of anilines is 2. The Balaban J connectivity index is 1.58. The highest BCUT2D eigenvalue weighted by Gasteiger charge is 2.22. The van der Waals surface area contributed by atoms with Crippen LogP contribution in [-0.2, 0) is 11.3 Å². The van der Waals surface area contributed by atoms with E-state index in [2.05, 4.69) is 15.6 Å². The maximum atomic E-state index is 14.9. The number of urea groups is 1. The number of nitrogens with one attached hydrogen (secondary N) is 2. The van der Waals surface area contributed by atoms with E-state index in [-0.39, 0.29) is 11.8 Å². The summed E-state index contributed by atoms with van der Waals surface area (Å²) in [6.45, 7) is 2.63. The van der Waals surface area contributed by atoms with E-state index >= 15 is 0 Å². The Bertz CT molecular complexity index is 885. The number of ether oxygens (including phenoxy) is 2. The third-order valence-corrected chi connectivity index (χ3v) is 4.73. The molecule has 160 valence electrons. The van der Waals surface area contributed by atoms with Crippen LogP contribution in [-0.4, -0.2) is 67.3 Å². The SMILES string of the molecule is COC(=O)N1CCN(Cc2cccc(NC(=O)Nc3ccc(OC)nc3)c2F)CC1. The number of methoxy groups -OCH3 is 2. The standard InChI is InChI=1S/C20H24FN5O4/c1-29-17-7-6-15(12-22-17)23-19(27)24-16-5-3-4-14(18(16)21)13-25-8-10-26(11-9-25)20(28)30-2/h3-7,12H,8-11,13H2,1-2H3,(H2,23,24,27). The van der Waals surface area contributed by atoms with Gasteiger partial charge in [0, 0.05) is 44.4 Å². The second-order valence-corrected chi connectivity index (χ2v) is 6.68. The van der Waals surface area contributed by atoms with Crippen LogP contribution in [0.4, 0.5) is 25.4 Å². The highest BCUT2D eigenvalue weighted by Crippen LogP contribution is 2.21. The molecule has 2 aromatic rings. The molecule has 0 bridgehead atoms. The molecule has 3 amide bonds. The lowest BCUT2D eigenvalue weighted by molar-refractivity contribution is 0.0885. The average molecular weight is 417 g/mol. The third kappa shape index (κ3) is 5.35. The molecule has 30 heavy (non-hydrogen) atoms. The van der Waals surface area contributed by atoms with Crippen molar-refractivity contribution in [2.75, 3.05) is 51.0 Å². The van der Waals surface area contributed by atoms with Crippen molar-refractivity contribution in [3.05, 3.63) is 47.9 Å². The summed E-state index contributed by atoms with van der Waals surface area (Å²) in [7, 11) is 2.85. The number of benzene rings is 1. The summed E-state index contributed by atoms with van der Waals surface area (Å²) in [5.41, 5.74) is 0.999. The van der Waals surface area contributed by atoms with Gasteiger partial charge in [-0.2, -0.15) is 0 Å². The Hall–Kier alpha value is -3.40. The van der Waals surface area contributed by atoms with Crippen LogP contribution in [0.25, 0.3) is 0 Å². The maximum absolute atomic E-state index is 14.9. The summed E-state index contributed by atoms with van der Waals surface area (Å²) in [6, 6.07) is 7.53. The zero-order chi connectivity index (χ0) is 21.5. The van der Waals surface area contributed by atoms with Gasteiger partial charge in [0.1, 0.15) is 0 Å². The van der Waals surface area contributed by atoms with E-state index in [0.29, 0.717) is 49.9 Å². The van der Waals surface area contributed by atoms with Gasteiger partial charge in [-0.25, -0.2) is 19.0 Å². The summed E-state index contributed by atoms with van der Waals surface area (Å²) < 4.78 is 24.6. The quantitative estimate of drug-likeness (QED) is 0.777. The van der Waals surface area contributed by atoms with Crippen molar-refractivity contribution in [2.24, 2.45) is 0 Å². The van der Waals surface area contributed by atoms with Crippen LogP contribution in [0, 0.1) is 5.82 Å². The van der Waals surface area contributed by atoms with Crippen molar-refractivity contribution in [3.63, 3.8) is 0 Å². The fourth-order valence-electron chi connectivity index (χ4n) is 3.12. The molecule has 0 atom stereocenters. The van der Waals surface area contributed by atoms with Crippen LogP contribution in [0.1, 0.15) is 5.56 Å². The van der Waals surface area contributed by atoms with Gasteiger partial charge in [-0.05, 0) is 12.1 Å². The van der Waals surface area contributed by atoms with Crippen LogP contribution in [0.2, 0.25) is 0 Å². The van der Waals surface area contributed by atoms with Gasteiger partial charge in [-0.15, -0.1) is 0 Å². The van der Waals surface area contributed by atoms with E-state index in [1.165, 1.54) is 26.5 Å². The molecule has 3 rings (SSSR count). The number of rotatable bonds is 5. The van der Waals surface area contributed by atoms with Crippen LogP contribution >= 0.6 is 0 Å². The van der Waals surface area contributed by atoms with Crippen molar-refractivity contribution in [1.29, 1.82) is 0 Å². The first-order valence-electron chi connectivity index (χ1n) is 9.41. The summed E-state index contributed by atoms with van der Waals surface area (Å²) >= 11 is 0. The van der Waals surface area contributed by atoms with Crippen LogP contribution in [0.3, 0.4) is 0 Å². The number of hydrogen-bond donors (Lipinski definition) is 2. The molecule has 0 spiro atoms. The van der Waals surface area contributed by atoms with Crippen LogP contribution in [0.5, 0.6) is 5.88 Å². The Labute approximate surface area is 173 Å². The first-order valence-corrected chi connectivity index (χ1v) is 9.41. The molecule has 2 heterocycles. The van der Waals surface area contributed by atoms with E-state index in [4.69, 9.17) is 9.47 Å². The zero-order valence-electron chi connectivity index (χ0n) is 16.9. The number of hydrogen-bond acceptors (Lipinski definition) is 6. The topological polar surface area (TPSA) is 96.0 Å². The molecule has 1 fully saturated rings. The summed E-state index contributed by atoms with van der Waals surface area (Å²) in [4.78, 5) is 31.4. The van der Waals surface area contributed by atoms with E-state index in [9.17, 15) is 14.0 Å². The Kier molecular flexibility index (Phi) is 7.02. The van der Waals surface area contributed by atoms with Crippen molar-refractivity contribution in [1.82, 2.24) is 14.8 Å². The van der Waals surface area contributed by atoms with E-state index in [1.807, 2.05) is 4.90 Å². The lowest BCUT2D eigenvalue weighted by atomic mass is 10.1. The number of carbonyl (C=O) groups is 2. The number of aromatic nitrogens is 1. The molecule has 10 heteroatoms. The van der Waals surface area contributed by atoms with E-state index in [1.54, 1.807) is 29.2 Å². The Morgan fingerprint density at radius 1 is 1.10 bits per heavy atom. The van der Waals surface area contributed by atoms with Crippen molar-refractivity contribution in [2.45, 2.75) is 6.54 Å². The molecular weight excluding hydrogens is 393 g/mol. The van der Waals surface area contributed by atoms with Crippen LogP contribution < -0.4 is 15.4 Å². The van der Waals surface area contributed by atoms with Crippen LogP contribution in [0.15, 0.2) is 36.5 Å². The van der Waals surface area contributed by atoms with Crippen molar-refractivity contribution < 1.29 is 23.5 Å². The first kappa shape index (κ1) is 21.3. The molecule has 2 N–H and O–H groups in total. The monoisotopic (exact) mass is 417 g/mol. The molecule has 0 unspecified atom stereocenters. The maximum Gasteiger partial charge on any atom is 0.409 e. The summed E-state index contributed by atoms with van der Waals surface area (Å²) in [5, 5.41) is 5.12. The lowest BCUT2D eigenvalue weighted by Gasteiger charge is -2.33. The minimum absolute atomic E-state index is 0.0830. The van der Waals surface area contributed by atoms with Gasteiger partial charge in [-0.3, -0.25) is 4.90 Å². The molecule has 1 saturated heterocycles. The van der Waals surface area contributed by atoms with Gasteiger partial charge in [0.15, 0.2) is 5.82 Å². The van der Waals surface area contributed by atoms with Crippen molar-refractivity contribution >= 4 is 23.5 Å². The van der Waals surface area contributed by atoms with Crippen molar-refractivity contribution in [3.8, 4) is 5.88 Å². The van der Waals surface area contributed by atoms with E-state index < -0.39 is 11.8 Å². The molecule has 0 radical (unpaired) electrons. The molecule has 0 saturated carbocycles. The molecule has 0 aliphatic carbocycles. The Morgan fingerprint density at radius 2 is 1.87 bits per heavy atom. The van der Waals surface area contributed by atoms with Gasteiger partial charge in [0.2, 0.25) is 5.88 Å². The number of halogens is 1. The third-order valence-electron chi connectivity index (χ3n) is 4.73. The number of nitrogens with zero attached hydrogens (tertiary/aromatic N) is 3. The highest BCUT2D eigenvalue weighted by molar-refractivity contribution is 5.99. The van der Waals surface area contributed by atoms with Gasteiger partial charge in [-0.1, -0.05) is 12.1 Å². The summed E-state index contributed by atoms with van der Waals surface area (Å²) in [5.74, 6) is -0.0666. The normalized spacial score (nSPS) is 14.2. The molecule has 1 aliphatic heterocycles. The fraction of sp³-hybridized carbons (Fsp3) is 0.350. The summed E-state index contributed by atoms with van der Waals surface area (Å²) in [6.07, 6.45) is 1.09.